The highest BCUT2D eigenvalue weighted by Crippen LogP contribution is 2.38. The van der Waals surface area contributed by atoms with Crippen molar-refractivity contribution in [3.05, 3.63) is 81.8 Å². The molecule has 3 aromatic carbocycles. The Balaban J connectivity index is 2.17. The van der Waals surface area contributed by atoms with Crippen LogP contribution in [0.3, 0.4) is 0 Å². The summed E-state index contributed by atoms with van der Waals surface area (Å²) in [5, 5.41) is 0.592. The maximum atomic E-state index is 13.1. The lowest BCUT2D eigenvalue weighted by Crippen LogP contribution is -1.97. The molecule has 0 heterocycles. The fourth-order valence-electron chi connectivity index (χ4n) is 2.37. The fraction of sp³-hybridized carbons (Fsp3) is 0.0526. The van der Waals surface area contributed by atoms with Crippen molar-refractivity contribution in [2.75, 3.05) is 0 Å². The van der Waals surface area contributed by atoms with E-state index in [-0.39, 0.29) is 0 Å². The molecule has 0 amide bonds. The molecule has 116 valence electrons. The third-order valence-electron chi connectivity index (χ3n) is 3.55. The molecule has 1 unspecified atom stereocenters. The molecule has 0 aliphatic rings. The first-order chi connectivity index (χ1) is 11.1. The summed E-state index contributed by atoms with van der Waals surface area (Å²) in [6.45, 7) is 2.01. The van der Waals surface area contributed by atoms with Crippen molar-refractivity contribution in [2.24, 2.45) is 0 Å². The van der Waals surface area contributed by atoms with Gasteiger partial charge < -0.3 is 0 Å². The lowest BCUT2D eigenvalue weighted by atomic mass is 10.1. The van der Waals surface area contributed by atoms with Crippen LogP contribution < -0.4 is 0 Å². The summed E-state index contributed by atoms with van der Waals surface area (Å²) in [5.41, 5.74) is 2.89. The Kier molecular flexibility index (Phi) is 5.00. The van der Waals surface area contributed by atoms with Crippen LogP contribution in [0.25, 0.3) is 11.1 Å². The predicted molar refractivity (Wildman–Crippen MR) is 100 cm³/mol. The first-order valence-corrected chi connectivity index (χ1v) is 9.42. The van der Waals surface area contributed by atoms with Gasteiger partial charge in [0.1, 0.15) is 0 Å². The monoisotopic (exact) mass is 404 g/mol. The smallest absolute Gasteiger partial charge is 0.0856 e. The van der Waals surface area contributed by atoms with Crippen molar-refractivity contribution in [1.29, 1.82) is 0 Å². The molecule has 0 saturated carbocycles. The number of benzene rings is 3. The molecular formula is C19H14BrClOS. The van der Waals surface area contributed by atoms with Crippen LogP contribution in [0, 0.1) is 6.92 Å². The predicted octanol–water partition coefficient (Wildman–Crippen LogP) is 6.24. The highest BCUT2D eigenvalue weighted by molar-refractivity contribution is 9.10. The van der Waals surface area contributed by atoms with Gasteiger partial charge in [0.2, 0.25) is 0 Å². The van der Waals surface area contributed by atoms with E-state index in [4.69, 9.17) is 11.6 Å². The Morgan fingerprint density at radius 3 is 2.30 bits per heavy atom. The van der Waals surface area contributed by atoms with E-state index in [0.717, 1.165) is 26.1 Å². The molecular weight excluding hydrogens is 392 g/mol. The molecule has 0 fully saturated rings. The van der Waals surface area contributed by atoms with Gasteiger partial charge in [-0.15, -0.1) is 0 Å². The summed E-state index contributed by atoms with van der Waals surface area (Å²) >= 11 is 10.00. The average molecular weight is 406 g/mol. The Morgan fingerprint density at radius 2 is 1.61 bits per heavy atom. The molecule has 3 rings (SSSR count). The Morgan fingerprint density at radius 1 is 0.913 bits per heavy atom. The molecule has 0 spiro atoms. The van der Waals surface area contributed by atoms with Crippen molar-refractivity contribution in [3.8, 4) is 11.1 Å². The van der Waals surface area contributed by atoms with E-state index in [1.165, 1.54) is 0 Å². The summed E-state index contributed by atoms with van der Waals surface area (Å²) < 4.78 is 14.0. The summed E-state index contributed by atoms with van der Waals surface area (Å²) in [4.78, 5) is 1.49. The molecule has 23 heavy (non-hydrogen) atoms. The maximum Gasteiger partial charge on any atom is 0.0856 e. The van der Waals surface area contributed by atoms with Gasteiger partial charge >= 0.3 is 0 Å². The van der Waals surface area contributed by atoms with E-state index >= 15 is 0 Å². The molecule has 0 aromatic heterocycles. The fourth-order valence-corrected chi connectivity index (χ4v) is 4.43. The summed E-state index contributed by atoms with van der Waals surface area (Å²) in [6.07, 6.45) is 0. The second-order valence-electron chi connectivity index (χ2n) is 5.17. The quantitative estimate of drug-likeness (QED) is 0.503. The molecule has 0 N–H and O–H groups in total. The van der Waals surface area contributed by atoms with Crippen LogP contribution in [0.15, 0.2) is 81.0 Å². The van der Waals surface area contributed by atoms with Crippen LogP contribution in [0.1, 0.15) is 5.56 Å². The largest absolute Gasteiger partial charge is 0.249 e. The zero-order valence-electron chi connectivity index (χ0n) is 12.4. The maximum absolute atomic E-state index is 13.1. The molecule has 4 heteroatoms. The van der Waals surface area contributed by atoms with Gasteiger partial charge in [0, 0.05) is 20.0 Å². The number of aryl methyl sites for hydroxylation is 1. The number of rotatable bonds is 3. The molecule has 0 aliphatic carbocycles. The van der Waals surface area contributed by atoms with Gasteiger partial charge in [-0.3, -0.25) is 0 Å². The molecule has 0 saturated heterocycles. The molecule has 0 bridgehead atoms. The Labute approximate surface area is 151 Å². The van der Waals surface area contributed by atoms with Crippen molar-refractivity contribution in [1.82, 2.24) is 0 Å². The van der Waals surface area contributed by atoms with E-state index in [1.54, 1.807) is 0 Å². The second-order valence-corrected chi connectivity index (χ2v) is 7.88. The third kappa shape index (κ3) is 3.42. The van der Waals surface area contributed by atoms with Crippen LogP contribution in [0.2, 0.25) is 5.02 Å². The van der Waals surface area contributed by atoms with Crippen molar-refractivity contribution in [2.45, 2.75) is 16.7 Å². The Bertz CT molecular complexity index is 875. The van der Waals surface area contributed by atoms with Crippen molar-refractivity contribution < 1.29 is 4.21 Å². The van der Waals surface area contributed by atoms with Crippen LogP contribution in [-0.4, -0.2) is 4.21 Å². The minimum Gasteiger partial charge on any atom is -0.249 e. The van der Waals surface area contributed by atoms with Gasteiger partial charge in [0.05, 0.1) is 15.7 Å². The number of hydrogen-bond donors (Lipinski definition) is 0. The first kappa shape index (κ1) is 16.4. The zero-order chi connectivity index (χ0) is 16.4. The molecule has 1 nitrogen and oxygen atoms in total. The molecule has 3 aromatic rings. The lowest BCUT2D eigenvalue weighted by molar-refractivity contribution is 0.683. The highest BCUT2D eigenvalue weighted by Gasteiger charge is 2.17. The first-order valence-electron chi connectivity index (χ1n) is 7.10. The van der Waals surface area contributed by atoms with Crippen LogP contribution >= 0.6 is 27.5 Å². The standard InChI is InChI=1S/C19H14BrClOS/c1-13-9-11-14(12-10-13)23(22)18-8-4-7-17(21)19(18)15-5-2-3-6-16(15)20/h2-12H,1H3. The van der Waals surface area contributed by atoms with Crippen molar-refractivity contribution >= 4 is 38.3 Å². The summed E-state index contributed by atoms with van der Waals surface area (Å²) in [6, 6.07) is 21.1. The van der Waals surface area contributed by atoms with Crippen LogP contribution in [-0.2, 0) is 10.8 Å². The van der Waals surface area contributed by atoms with E-state index in [2.05, 4.69) is 15.9 Å². The zero-order valence-corrected chi connectivity index (χ0v) is 15.6. The summed E-state index contributed by atoms with van der Waals surface area (Å²) in [7, 11) is -1.29. The highest BCUT2D eigenvalue weighted by atomic mass is 79.9. The Hall–Kier alpha value is -1.42. The minimum absolute atomic E-state index is 0.592. The van der Waals surface area contributed by atoms with Gasteiger partial charge in [-0.1, -0.05) is 69.5 Å². The molecule has 0 aliphatic heterocycles. The lowest BCUT2D eigenvalue weighted by Gasteiger charge is -2.13. The number of hydrogen-bond acceptors (Lipinski definition) is 1. The van der Waals surface area contributed by atoms with Crippen molar-refractivity contribution in [3.63, 3.8) is 0 Å². The van der Waals surface area contributed by atoms with E-state index in [0.29, 0.717) is 9.92 Å². The van der Waals surface area contributed by atoms with E-state index < -0.39 is 10.8 Å². The van der Waals surface area contributed by atoms with Gasteiger partial charge in [0.25, 0.3) is 0 Å². The van der Waals surface area contributed by atoms with Gasteiger partial charge in [0.15, 0.2) is 0 Å². The SMILES string of the molecule is Cc1ccc(S(=O)c2cccc(Cl)c2-c2ccccc2Br)cc1. The minimum atomic E-state index is -1.29. The van der Waals surface area contributed by atoms with Gasteiger partial charge in [-0.05, 0) is 42.8 Å². The average Bonchev–Trinajstić information content (AvgIpc) is 2.56. The molecule has 1 atom stereocenters. The summed E-state index contributed by atoms with van der Waals surface area (Å²) in [5.74, 6) is 0. The second kappa shape index (κ2) is 7.00. The van der Waals surface area contributed by atoms with E-state index in [9.17, 15) is 4.21 Å². The van der Waals surface area contributed by atoms with Crippen LogP contribution in [0.5, 0.6) is 0 Å². The van der Waals surface area contributed by atoms with Gasteiger partial charge in [-0.25, -0.2) is 4.21 Å². The third-order valence-corrected chi connectivity index (χ3v) is 6.00. The normalized spacial score (nSPS) is 12.1. The van der Waals surface area contributed by atoms with Crippen LogP contribution in [0.4, 0.5) is 0 Å². The van der Waals surface area contributed by atoms with E-state index in [1.807, 2.05) is 73.7 Å². The number of halogens is 2. The molecule has 0 radical (unpaired) electrons. The topological polar surface area (TPSA) is 17.1 Å². The van der Waals surface area contributed by atoms with Gasteiger partial charge in [-0.2, -0.15) is 0 Å².